The molecule has 1 atom stereocenters. The van der Waals surface area contributed by atoms with Crippen LogP contribution >= 0.6 is 34.8 Å². The van der Waals surface area contributed by atoms with E-state index in [4.69, 9.17) is 44.3 Å². The molecule has 156 valence electrons. The lowest BCUT2D eigenvalue weighted by Gasteiger charge is -2.22. The van der Waals surface area contributed by atoms with Gasteiger partial charge < -0.3 is 14.8 Å². The largest absolute Gasteiger partial charge is 0.490 e. The quantitative estimate of drug-likeness (QED) is 0.672. The average Bonchev–Trinajstić information content (AvgIpc) is 2.86. The van der Waals surface area contributed by atoms with Gasteiger partial charge in [-0.25, -0.2) is 0 Å². The number of benzene rings is 2. The lowest BCUT2D eigenvalue weighted by atomic mass is 10.1. The molecule has 30 heavy (non-hydrogen) atoms. The van der Waals surface area contributed by atoms with Gasteiger partial charge in [0.25, 0.3) is 11.8 Å². The number of fused-ring (bicyclic) bond motifs is 2. The molecule has 0 fully saturated rings. The molecule has 0 spiro atoms. The van der Waals surface area contributed by atoms with Crippen LogP contribution < -0.4 is 14.8 Å². The zero-order valence-corrected chi connectivity index (χ0v) is 17.9. The van der Waals surface area contributed by atoms with E-state index >= 15 is 0 Å². The Hall–Kier alpha value is -2.48. The Bertz CT molecular complexity index is 1050. The first-order valence-corrected chi connectivity index (χ1v) is 10.2. The van der Waals surface area contributed by atoms with E-state index < -0.39 is 23.8 Å². The molecule has 1 N–H and O–H groups in total. The first-order valence-electron chi connectivity index (χ1n) is 9.05. The predicted molar refractivity (Wildman–Crippen MR) is 112 cm³/mol. The lowest BCUT2D eigenvalue weighted by Crippen LogP contribution is -2.45. The summed E-state index contributed by atoms with van der Waals surface area (Å²) >= 11 is 18.2. The maximum absolute atomic E-state index is 12.8. The Kier molecular flexibility index (Phi) is 5.53. The third kappa shape index (κ3) is 3.57. The molecule has 0 aliphatic carbocycles. The molecule has 0 aromatic heterocycles. The van der Waals surface area contributed by atoms with Crippen LogP contribution in [0.25, 0.3) is 0 Å². The minimum atomic E-state index is -1.11. The minimum Gasteiger partial charge on any atom is -0.490 e. The van der Waals surface area contributed by atoms with E-state index in [9.17, 15) is 14.4 Å². The molecule has 2 heterocycles. The van der Waals surface area contributed by atoms with Crippen molar-refractivity contribution < 1.29 is 23.9 Å². The normalized spacial score (nSPS) is 16.2. The number of nitrogens with zero attached hydrogens (tertiary/aromatic N) is 1. The number of rotatable bonds is 3. The zero-order valence-electron chi connectivity index (χ0n) is 15.6. The Labute approximate surface area is 186 Å². The van der Waals surface area contributed by atoms with Crippen molar-refractivity contribution in [3.8, 4) is 11.5 Å². The predicted octanol–water partition coefficient (Wildman–Crippen LogP) is 4.43. The summed E-state index contributed by atoms with van der Waals surface area (Å²) in [6.07, 6.45) is 0.721. The van der Waals surface area contributed by atoms with Crippen LogP contribution in [-0.4, -0.2) is 41.9 Å². The van der Waals surface area contributed by atoms with Crippen molar-refractivity contribution in [2.24, 2.45) is 0 Å². The van der Waals surface area contributed by atoms with Crippen molar-refractivity contribution in [2.45, 2.75) is 19.4 Å². The summed E-state index contributed by atoms with van der Waals surface area (Å²) in [5.74, 6) is -0.914. The van der Waals surface area contributed by atoms with Gasteiger partial charge in [-0.15, -0.1) is 0 Å². The number of nitrogens with one attached hydrogen (secondary N) is 1. The fourth-order valence-corrected chi connectivity index (χ4v) is 3.77. The number of imide groups is 1. The van der Waals surface area contributed by atoms with Crippen LogP contribution in [0.2, 0.25) is 15.1 Å². The summed E-state index contributed by atoms with van der Waals surface area (Å²) in [6, 6.07) is 4.64. The van der Waals surface area contributed by atoms with Crippen LogP contribution in [0.4, 0.5) is 5.69 Å². The molecule has 4 rings (SSSR count). The van der Waals surface area contributed by atoms with Crippen LogP contribution in [0.1, 0.15) is 34.1 Å². The number of carbonyl (C=O) groups is 3. The average molecular weight is 470 g/mol. The van der Waals surface area contributed by atoms with E-state index in [-0.39, 0.29) is 31.9 Å². The molecule has 0 saturated carbocycles. The SMILES string of the molecule is CC(C(=O)Nc1cc2c(cc1Cl)OCCCO2)N1C(=O)c2cc(Cl)c(Cl)cc2C1=O. The van der Waals surface area contributed by atoms with Gasteiger partial charge in [0.15, 0.2) is 11.5 Å². The van der Waals surface area contributed by atoms with Gasteiger partial charge in [0, 0.05) is 18.6 Å². The van der Waals surface area contributed by atoms with Crippen LogP contribution in [0, 0.1) is 0 Å². The third-order valence-corrected chi connectivity index (χ3v) is 5.86. The number of halogens is 3. The fourth-order valence-electron chi connectivity index (χ4n) is 3.24. The standard InChI is InChI=1S/C20H15Cl3N2O5/c1-9(25-19(27)10-5-12(21)13(22)6-11(10)20(25)28)18(26)24-15-8-17-16(7-14(15)23)29-3-2-4-30-17/h5-9H,2-4H2,1H3,(H,24,26). The Balaban J connectivity index is 1.57. The number of ether oxygens (including phenoxy) is 2. The highest BCUT2D eigenvalue weighted by atomic mass is 35.5. The highest BCUT2D eigenvalue weighted by molar-refractivity contribution is 6.43. The van der Waals surface area contributed by atoms with E-state index in [1.54, 1.807) is 12.1 Å². The van der Waals surface area contributed by atoms with Crippen LogP contribution in [0.15, 0.2) is 24.3 Å². The summed E-state index contributed by atoms with van der Waals surface area (Å²) in [4.78, 5) is 39.1. The van der Waals surface area contributed by atoms with Gasteiger partial charge in [-0.3, -0.25) is 19.3 Å². The molecule has 2 aromatic carbocycles. The second-order valence-corrected chi connectivity index (χ2v) is 8.01. The van der Waals surface area contributed by atoms with Crippen molar-refractivity contribution in [2.75, 3.05) is 18.5 Å². The Morgan fingerprint density at radius 3 is 2.03 bits per heavy atom. The second kappa shape index (κ2) is 7.98. The van der Waals surface area contributed by atoms with Gasteiger partial charge in [0.05, 0.1) is 45.1 Å². The number of carbonyl (C=O) groups excluding carboxylic acids is 3. The molecule has 1 unspecified atom stereocenters. The second-order valence-electron chi connectivity index (χ2n) is 6.79. The smallest absolute Gasteiger partial charge is 0.262 e. The van der Waals surface area contributed by atoms with Crippen molar-refractivity contribution in [1.82, 2.24) is 4.90 Å². The molecule has 2 aromatic rings. The topological polar surface area (TPSA) is 84.9 Å². The van der Waals surface area contributed by atoms with E-state index in [2.05, 4.69) is 5.32 Å². The maximum atomic E-state index is 12.8. The van der Waals surface area contributed by atoms with Crippen molar-refractivity contribution in [3.63, 3.8) is 0 Å². The monoisotopic (exact) mass is 468 g/mol. The zero-order chi connectivity index (χ0) is 21.6. The van der Waals surface area contributed by atoms with Gasteiger partial charge in [0.1, 0.15) is 6.04 Å². The molecule has 10 heteroatoms. The van der Waals surface area contributed by atoms with E-state index in [1.807, 2.05) is 0 Å². The first-order chi connectivity index (χ1) is 14.3. The number of hydrogen-bond acceptors (Lipinski definition) is 5. The molecular formula is C20H15Cl3N2O5. The minimum absolute atomic E-state index is 0.0997. The first kappa shape index (κ1) is 20.8. The van der Waals surface area contributed by atoms with E-state index in [0.29, 0.717) is 24.7 Å². The van der Waals surface area contributed by atoms with Crippen molar-refractivity contribution in [1.29, 1.82) is 0 Å². The summed E-state index contributed by atoms with van der Waals surface area (Å²) in [6.45, 7) is 2.41. The summed E-state index contributed by atoms with van der Waals surface area (Å²) < 4.78 is 11.2. The van der Waals surface area contributed by atoms with Crippen LogP contribution in [0.5, 0.6) is 11.5 Å². The Morgan fingerprint density at radius 1 is 0.933 bits per heavy atom. The lowest BCUT2D eigenvalue weighted by molar-refractivity contribution is -0.119. The van der Waals surface area contributed by atoms with Gasteiger partial charge in [-0.2, -0.15) is 0 Å². The van der Waals surface area contributed by atoms with Gasteiger partial charge in [0.2, 0.25) is 5.91 Å². The Morgan fingerprint density at radius 2 is 1.47 bits per heavy atom. The molecule has 0 radical (unpaired) electrons. The molecule has 3 amide bonds. The van der Waals surface area contributed by atoms with Crippen molar-refractivity contribution in [3.05, 3.63) is 50.5 Å². The van der Waals surface area contributed by atoms with Crippen LogP contribution in [-0.2, 0) is 4.79 Å². The summed E-state index contributed by atoms with van der Waals surface area (Å²) in [5.41, 5.74) is 0.478. The third-order valence-electron chi connectivity index (χ3n) is 4.82. The van der Waals surface area contributed by atoms with Crippen LogP contribution in [0.3, 0.4) is 0 Å². The highest BCUT2D eigenvalue weighted by Gasteiger charge is 2.41. The van der Waals surface area contributed by atoms with Gasteiger partial charge >= 0.3 is 0 Å². The summed E-state index contributed by atoms with van der Waals surface area (Å²) in [5, 5.41) is 3.18. The van der Waals surface area contributed by atoms with E-state index in [0.717, 1.165) is 11.3 Å². The molecule has 2 aliphatic rings. The van der Waals surface area contributed by atoms with E-state index in [1.165, 1.54) is 19.1 Å². The molecule has 0 saturated heterocycles. The number of hydrogen-bond donors (Lipinski definition) is 1. The molecule has 2 aliphatic heterocycles. The number of amides is 3. The number of anilines is 1. The van der Waals surface area contributed by atoms with Gasteiger partial charge in [-0.1, -0.05) is 34.8 Å². The molecule has 7 nitrogen and oxygen atoms in total. The fraction of sp³-hybridized carbons (Fsp3) is 0.250. The van der Waals surface area contributed by atoms with Gasteiger partial charge in [-0.05, 0) is 19.1 Å². The highest BCUT2D eigenvalue weighted by Crippen LogP contribution is 2.38. The maximum Gasteiger partial charge on any atom is 0.262 e. The molecular weight excluding hydrogens is 455 g/mol. The summed E-state index contributed by atoms with van der Waals surface area (Å²) in [7, 11) is 0. The molecule has 0 bridgehead atoms. The van der Waals surface area contributed by atoms with Crippen molar-refractivity contribution >= 4 is 58.2 Å².